The molecule has 2 atom stereocenters. The van der Waals surface area contributed by atoms with E-state index in [2.05, 4.69) is 5.32 Å². The Balaban J connectivity index is 0.000000543. The third-order valence-corrected chi connectivity index (χ3v) is 3.64. The Bertz CT molecular complexity index is 1600. The maximum atomic E-state index is 12.9. The van der Waals surface area contributed by atoms with Crippen LogP contribution >= 0.6 is 23.2 Å². The Hall–Kier alpha value is -1.72. The minimum absolute atomic E-state index is 0.356. The highest BCUT2D eigenvalue weighted by atomic mass is 35.5. The SMILES string of the molecule is [2H]c1c([2H])c(Cl)c([2H])c(C(=O)[C@@]([2H])(C)NC(C([2H])([2H])[2H])(C([2H])([2H])[2H])C([2H])([2H])[2H])c1[2H].[2H]c1c([2H])c(Cl)c([2H])c(C(=O)[C@@]([2H])(C)NC(C)(C)C)c1[2H]. The molecule has 0 fully saturated rings. The fraction of sp³-hybridized carbons (Fsp3) is 0.462. The highest BCUT2D eigenvalue weighted by molar-refractivity contribution is 6.31. The molecular weight excluding hydrogens is 443 g/mol. The third-order valence-electron chi connectivity index (χ3n) is 3.26. The lowest BCUT2D eigenvalue weighted by molar-refractivity contribution is 0.0929. The first-order valence-corrected chi connectivity index (χ1v) is 9.79. The first-order valence-electron chi connectivity index (χ1n) is 18.5. The predicted octanol–water partition coefficient (Wildman–Crippen LogP) is 6.60. The van der Waals surface area contributed by atoms with E-state index in [9.17, 15) is 9.59 Å². The van der Waals surface area contributed by atoms with Gasteiger partial charge in [-0.3, -0.25) is 9.59 Å². The Morgan fingerprint density at radius 1 is 0.844 bits per heavy atom. The van der Waals surface area contributed by atoms with Crippen molar-refractivity contribution in [2.75, 3.05) is 0 Å². The summed E-state index contributed by atoms with van der Waals surface area (Å²) in [5, 5.41) is 3.40. The van der Waals surface area contributed by atoms with Gasteiger partial charge in [-0.1, -0.05) is 47.4 Å². The van der Waals surface area contributed by atoms with Crippen LogP contribution in [0, 0.1) is 0 Å². The molecule has 0 unspecified atom stereocenters. The number of rotatable bonds is 6. The molecule has 0 amide bonds. The van der Waals surface area contributed by atoms with E-state index in [-0.39, 0.29) is 5.02 Å². The number of hydrogen-bond donors (Lipinski definition) is 2. The third kappa shape index (κ3) is 10.7. The van der Waals surface area contributed by atoms with Crippen molar-refractivity contribution in [3.8, 4) is 0 Å². The van der Waals surface area contributed by atoms with E-state index >= 15 is 0 Å². The van der Waals surface area contributed by atoms with Crippen LogP contribution in [-0.2, 0) is 0 Å². The van der Waals surface area contributed by atoms with E-state index in [1.54, 1.807) is 26.1 Å². The normalized spacial score (nSPS) is 25.3. The molecular formula is C26H36Cl2N2O2. The van der Waals surface area contributed by atoms with Crippen LogP contribution in [-0.4, -0.2) is 34.7 Å². The van der Waals surface area contributed by atoms with Crippen LogP contribution in [0.4, 0.5) is 0 Å². The second-order valence-corrected chi connectivity index (χ2v) is 8.29. The molecule has 0 saturated carbocycles. The molecule has 2 aromatic rings. The van der Waals surface area contributed by atoms with Gasteiger partial charge in [0.1, 0.15) is 0 Å². The van der Waals surface area contributed by atoms with Crippen LogP contribution in [0.5, 0.6) is 0 Å². The number of halogens is 2. The van der Waals surface area contributed by atoms with Crippen LogP contribution in [0.25, 0.3) is 0 Å². The van der Waals surface area contributed by atoms with E-state index in [1.807, 2.05) is 0 Å². The number of carbonyl (C=O) groups is 2. The largest absolute Gasteiger partial charge is 0.303 e. The van der Waals surface area contributed by atoms with Gasteiger partial charge in [0, 0.05) is 44.6 Å². The molecule has 0 aliphatic rings. The topological polar surface area (TPSA) is 58.2 Å². The predicted molar refractivity (Wildman–Crippen MR) is 136 cm³/mol. The second-order valence-electron chi connectivity index (χ2n) is 7.54. The van der Waals surface area contributed by atoms with Crippen LogP contribution in [0.1, 0.15) is 102 Å². The molecule has 0 spiro atoms. The minimum Gasteiger partial charge on any atom is -0.303 e. The zero-order valence-electron chi connectivity index (χ0n) is 37.1. The average Bonchev–Trinajstić information content (AvgIpc) is 2.93. The summed E-state index contributed by atoms with van der Waals surface area (Å²) in [5.41, 5.74) is -5.61. The maximum absolute atomic E-state index is 12.9. The van der Waals surface area contributed by atoms with Gasteiger partial charge in [0.2, 0.25) is 0 Å². The Labute approximate surface area is 229 Å². The average molecular weight is 499 g/mol. The van der Waals surface area contributed by atoms with Crippen LogP contribution < -0.4 is 10.6 Å². The summed E-state index contributed by atoms with van der Waals surface area (Å²) in [6.45, 7) is -3.90. The van der Waals surface area contributed by atoms with Crippen LogP contribution in [0.2, 0.25) is 10.0 Å². The number of Topliss-reactive ketones (excluding diaryl/α,β-unsaturated/α-hetero) is 2. The van der Waals surface area contributed by atoms with Crippen molar-refractivity contribution < 1.29 is 35.6 Å². The van der Waals surface area contributed by atoms with Crippen molar-refractivity contribution in [3.05, 3.63) is 69.5 Å². The summed E-state index contributed by atoms with van der Waals surface area (Å²) in [6, 6.07) is -10.2. The Morgan fingerprint density at radius 2 is 1.22 bits per heavy atom. The summed E-state index contributed by atoms with van der Waals surface area (Å²) >= 11 is 11.5. The summed E-state index contributed by atoms with van der Waals surface area (Å²) in [7, 11) is 0. The lowest BCUT2D eigenvalue weighted by Crippen LogP contribution is -2.46. The van der Waals surface area contributed by atoms with Gasteiger partial charge in [-0.25, -0.2) is 0 Å². The molecule has 32 heavy (non-hydrogen) atoms. The Kier molecular flexibility index (Phi) is 3.99. The van der Waals surface area contributed by atoms with Crippen LogP contribution in [0.3, 0.4) is 0 Å². The molecule has 0 saturated heterocycles. The standard InChI is InChI=1S/2C13H18ClNO/c2*1-9(15-13(2,3)4)12(16)10-6-5-7-11(14)8-10/h2*5-9,15H,1-4H3/t2*9-/m11/s1/i2D3,3D3,4D3,5D,6D,7D,8D,9D;5D,6D,7D,8D,9D. The number of ketones is 2. The number of hydrogen-bond acceptors (Lipinski definition) is 4. The molecule has 4 nitrogen and oxygen atoms in total. The zero-order valence-corrected chi connectivity index (χ0v) is 19.6. The smallest absolute Gasteiger partial charge is 0.179 e. The monoisotopic (exact) mass is 497 g/mol. The van der Waals surface area contributed by atoms with Crippen molar-refractivity contribution in [1.82, 2.24) is 10.6 Å². The molecule has 6 heteroatoms. The first-order chi connectivity index (χ1) is 22.3. The molecule has 0 aromatic heterocycles. The summed E-state index contributed by atoms with van der Waals surface area (Å²) in [6.07, 6.45) is 0. The van der Waals surface area contributed by atoms with Gasteiger partial charge in [-0.05, 0) is 79.3 Å². The lowest BCUT2D eigenvalue weighted by atomic mass is 10.0. The number of benzene rings is 2. The van der Waals surface area contributed by atoms with Gasteiger partial charge < -0.3 is 10.6 Å². The fourth-order valence-corrected chi connectivity index (χ4v) is 2.48. The number of nitrogens with one attached hydrogen (secondary N) is 2. The van der Waals surface area contributed by atoms with E-state index < -0.39 is 120 Å². The van der Waals surface area contributed by atoms with Gasteiger partial charge in [0.25, 0.3) is 0 Å². The lowest BCUT2D eigenvalue weighted by Gasteiger charge is -2.25. The first kappa shape index (κ1) is 10.7. The van der Waals surface area contributed by atoms with Gasteiger partial charge in [0.15, 0.2) is 11.6 Å². The molecule has 0 bridgehead atoms. The van der Waals surface area contributed by atoms with Crippen molar-refractivity contribution in [2.45, 2.75) is 78.3 Å². The number of carbonyl (C=O) groups excluding carboxylic acids is 2. The van der Waals surface area contributed by atoms with Crippen molar-refractivity contribution in [1.29, 1.82) is 0 Å². The van der Waals surface area contributed by atoms with Gasteiger partial charge in [-0.15, -0.1) is 0 Å². The Morgan fingerprint density at radius 3 is 1.56 bits per heavy atom. The maximum Gasteiger partial charge on any atom is 0.179 e. The summed E-state index contributed by atoms with van der Waals surface area (Å²) < 4.78 is 146. The van der Waals surface area contributed by atoms with E-state index in [1.165, 1.54) is 6.92 Å². The molecule has 0 radical (unpaired) electrons. The molecule has 2 N–H and O–H groups in total. The highest BCUT2D eigenvalue weighted by Gasteiger charge is 2.21. The highest BCUT2D eigenvalue weighted by Crippen LogP contribution is 2.14. The van der Waals surface area contributed by atoms with E-state index in [0.29, 0.717) is 6.92 Å². The van der Waals surface area contributed by atoms with Gasteiger partial charge >= 0.3 is 0 Å². The van der Waals surface area contributed by atoms with Crippen molar-refractivity contribution >= 4 is 34.8 Å². The van der Waals surface area contributed by atoms with Crippen LogP contribution in [0.15, 0.2) is 48.3 Å². The molecule has 0 heterocycles. The summed E-state index contributed by atoms with van der Waals surface area (Å²) in [5.74, 6) is -2.38. The van der Waals surface area contributed by atoms with Crippen molar-refractivity contribution in [2.24, 2.45) is 0 Å². The minimum atomic E-state index is -3.75. The van der Waals surface area contributed by atoms with E-state index in [0.717, 1.165) is 0 Å². The quantitative estimate of drug-likeness (QED) is 0.441. The van der Waals surface area contributed by atoms with E-state index in [4.69, 9.17) is 49.2 Å². The molecule has 176 valence electrons. The van der Waals surface area contributed by atoms with Crippen molar-refractivity contribution in [3.63, 3.8) is 0 Å². The molecule has 2 rings (SSSR count). The molecule has 2 aromatic carbocycles. The van der Waals surface area contributed by atoms with Gasteiger partial charge in [-0.2, -0.15) is 0 Å². The second kappa shape index (κ2) is 11.9. The summed E-state index contributed by atoms with van der Waals surface area (Å²) in [4.78, 5) is 25.4. The fourth-order valence-electron chi connectivity index (χ4n) is 2.20. The molecule has 0 aliphatic carbocycles. The zero-order chi connectivity index (χ0) is 41.0. The van der Waals surface area contributed by atoms with Gasteiger partial charge in [0.05, 0.1) is 25.7 Å². The molecule has 0 aliphatic heterocycles.